The molecule has 5 heteroatoms. The minimum absolute atomic E-state index is 0.252. The monoisotopic (exact) mass is 157 g/mol. The standard InChI is InChI=1S/C5H5N2O2S/c1-2-9-5(8)4-6-3-7-10-4/h2H2,1H3. The lowest BCUT2D eigenvalue weighted by molar-refractivity contribution is 0.0526. The molecule has 4 nitrogen and oxygen atoms in total. The predicted molar refractivity (Wildman–Crippen MR) is 34.7 cm³/mol. The highest BCUT2D eigenvalue weighted by atomic mass is 32.1. The third-order valence-corrected chi connectivity index (χ3v) is 1.38. The highest BCUT2D eigenvalue weighted by molar-refractivity contribution is 7.07. The van der Waals surface area contributed by atoms with E-state index in [1.165, 1.54) is 0 Å². The van der Waals surface area contributed by atoms with E-state index in [1.807, 2.05) is 0 Å². The first-order chi connectivity index (χ1) is 4.84. The number of carbonyl (C=O) groups is 1. The summed E-state index contributed by atoms with van der Waals surface area (Å²) in [6, 6.07) is 0. The van der Waals surface area contributed by atoms with E-state index in [2.05, 4.69) is 20.4 Å². The summed E-state index contributed by atoms with van der Waals surface area (Å²) in [7, 11) is 0. The van der Waals surface area contributed by atoms with Crippen LogP contribution in [0.2, 0.25) is 0 Å². The molecule has 0 aromatic carbocycles. The molecule has 1 aromatic rings. The predicted octanol–water partition coefficient (Wildman–Crippen LogP) is 0.515. The van der Waals surface area contributed by atoms with E-state index in [-0.39, 0.29) is 5.01 Å². The molecule has 0 aliphatic rings. The van der Waals surface area contributed by atoms with Gasteiger partial charge in [0.1, 0.15) is 0 Å². The van der Waals surface area contributed by atoms with Crippen molar-refractivity contribution >= 4 is 17.5 Å². The summed E-state index contributed by atoms with van der Waals surface area (Å²) in [5.74, 6) is -0.429. The van der Waals surface area contributed by atoms with Gasteiger partial charge in [0.05, 0.1) is 6.61 Å². The summed E-state index contributed by atoms with van der Waals surface area (Å²) in [5.41, 5.74) is 0. The maximum atomic E-state index is 10.8. The van der Waals surface area contributed by atoms with E-state index in [0.29, 0.717) is 6.61 Å². The van der Waals surface area contributed by atoms with E-state index >= 15 is 0 Å². The molecule has 0 bridgehead atoms. The molecular formula is C5H5N2O2S. The first kappa shape index (κ1) is 7.14. The molecular weight excluding hydrogens is 152 g/mol. The van der Waals surface area contributed by atoms with Crippen LogP contribution in [-0.4, -0.2) is 21.9 Å². The summed E-state index contributed by atoms with van der Waals surface area (Å²) >= 11 is 0.980. The average molecular weight is 157 g/mol. The molecule has 10 heavy (non-hydrogen) atoms. The molecule has 1 aromatic heterocycles. The number of esters is 1. The zero-order chi connectivity index (χ0) is 7.40. The molecule has 0 unspecified atom stereocenters. The lowest BCUT2D eigenvalue weighted by atomic mass is 10.7. The molecule has 0 aliphatic carbocycles. The molecule has 0 spiro atoms. The summed E-state index contributed by atoms with van der Waals surface area (Å²) in [6.45, 7) is 2.10. The fourth-order valence-corrected chi connectivity index (χ4v) is 0.809. The highest BCUT2D eigenvalue weighted by Crippen LogP contribution is 2.00. The molecule has 0 atom stereocenters. The van der Waals surface area contributed by atoms with Crippen LogP contribution in [0.5, 0.6) is 0 Å². The van der Waals surface area contributed by atoms with Crippen LogP contribution in [0.4, 0.5) is 0 Å². The SMILES string of the molecule is CCOC(=O)c1n[c]ns1. The van der Waals surface area contributed by atoms with Crippen LogP contribution in [-0.2, 0) is 4.74 Å². The number of carbonyl (C=O) groups excluding carboxylic acids is 1. The third-order valence-electron chi connectivity index (χ3n) is 0.775. The Labute approximate surface area is 62.0 Å². The quantitative estimate of drug-likeness (QED) is 0.587. The zero-order valence-corrected chi connectivity index (χ0v) is 6.14. The van der Waals surface area contributed by atoms with Gasteiger partial charge in [0.25, 0.3) is 0 Å². The van der Waals surface area contributed by atoms with Crippen LogP contribution in [0.25, 0.3) is 0 Å². The Morgan fingerprint density at radius 1 is 1.90 bits per heavy atom. The number of hydrogen-bond acceptors (Lipinski definition) is 5. The molecule has 53 valence electrons. The van der Waals surface area contributed by atoms with Crippen molar-refractivity contribution in [1.82, 2.24) is 9.36 Å². The minimum Gasteiger partial charge on any atom is -0.461 e. The molecule has 0 saturated carbocycles. The van der Waals surface area contributed by atoms with Crippen LogP contribution in [0.3, 0.4) is 0 Å². The maximum Gasteiger partial charge on any atom is 0.369 e. The lowest BCUT2D eigenvalue weighted by Gasteiger charge is -1.93. The van der Waals surface area contributed by atoms with Gasteiger partial charge in [0.15, 0.2) is 0 Å². The molecule has 0 N–H and O–H groups in total. The maximum absolute atomic E-state index is 10.8. The Hall–Kier alpha value is -0.970. The molecule has 1 heterocycles. The minimum atomic E-state index is -0.429. The Kier molecular flexibility index (Phi) is 2.33. The van der Waals surface area contributed by atoms with Crippen molar-refractivity contribution in [2.24, 2.45) is 0 Å². The first-order valence-electron chi connectivity index (χ1n) is 2.71. The van der Waals surface area contributed by atoms with E-state index in [1.54, 1.807) is 6.92 Å². The molecule has 0 aliphatic heterocycles. The second-order valence-electron chi connectivity index (χ2n) is 1.42. The Morgan fingerprint density at radius 3 is 3.20 bits per heavy atom. The average Bonchev–Trinajstić information content (AvgIpc) is 2.38. The number of aromatic nitrogens is 2. The lowest BCUT2D eigenvalue weighted by Crippen LogP contribution is -2.03. The van der Waals surface area contributed by atoms with Crippen molar-refractivity contribution in [2.75, 3.05) is 6.61 Å². The smallest absolute Gasteiger partial charge is 0.369 e. The summed E-state index contributed by atoms with van der Waals surface area (Å²) in [6.07, 6.45) is 2.29. The van der Waals surface area contributed by atoms with Gasteiger partial charge in [-0.2, -0.15) is 4.37 Å². The van der Waals surface area contributed by atoms with E-state index in [4.69, 9.17) is 0 Å². The van der Waals surface area contributed by atoms with E-state index in [0.717, 1.165) is 11.5 Å². The summed E-state index contributed by atoms with van der Waals surface area (Å²) < 4.78 is 8.17. The fourth-order valence-electron chi connectivity index (χ4n) is 0.426. The van der Waals surface area contributed by atoms with Gasteiger partial charge in [-0.15, -0.1) is 0 Å². The molecule has 0 fully saturated rings. The van der Waals surface area contributed by atoms with Crippen molar-refractivity contribution in [3.05, 3.63) is 11.3 Å². The Morgan fingerprint density at radius 2 is 2.70 bits per heavy atom. The summed E-state index contributed by atoms with van der Waals surface area (Å²) in [5, 5.41) is 0.252. The second kappa shape index (κ2) is 3.26. The van der Waals surface area contributed by atoms with Crippen molar-refractivity contribution in [1.29, 1.82) is 0 Å². The van der Waals surface area contributed by atoms with Crippen molar-refractivity contribution in [3.63, 3.8) is 0 Å². The zero-order valence-electron chi connectivity index (χ0n) is 5.33. The van der Waals surface area contributed by atoms with Crippen LogP contribution >= 0.6 is 11.5 Å². The van der Waals surface area contributed by atoms with E-state index in [9.17, 15) is 4.79 Å². The van der Waals surface area contributed by atoms with Gasteiger partial charge in [-0.05, 0) is 18.5 Å². The topological polar surface area (TPSA) is 52.1 Å². The van der Waals surface area contributed by atoms with Gasteiger partial charge in [0.2, 0.25) is 11.3 Å². The molecule has 0 amide bonds. The third kappa shape index (κ3) is 1.51. The second-order valence-corrected chi connectivity index (χ2v) is 2.17. The molecule has 1 rings (SSSR count). The number of rotatable bonds is 2. The van der Waals surface area contributed by atoms with Gasteiger partial charge >= 0.3 is 5.97 Å². The number of ether oxygens (including phenoxy) is 1. The largest absolute Gasteiger partial charge is 0.461 e. The number of nitrogens with zero attached hydrogens (tertiary/aromatic N) is 2. The van der Waals surface area contributed by atoms with Crippen molar-refractivity contribution < 1.29 is 9.53 Å². The van der Waals surface area contributed by atoms with Crippen LogP contribution in [0.15, 0.2) is 0 Å². The van der Waals surface area contributed by atoms with Gasteiger partial charge in [0, 0.05) is 0 Å². The normalized spacial score (nSPS) is 9.30. The fraction of sp³-hybridized carbons (Fsp3) is 0.400. The summed E-state index contributed by atoms with van der Waals surface area (Å²) in [4.78, 5) is 14.3. The van der Waals surface area contributed by atoms with Gasteiger partial charge < -0.3 is 4.74 Å². The van der Waals surface area contributed by atoms with Crippen LogP contribution in [0, 0.1) is 6.33 Å². The van der Waals surface area contributed by atoms with E-state index < -0.39 is 5.97 Å². The van der Waals surface area contributed by atoms with Gasteiger partial charge in [-0.3, -0.25) is 0 Å². The Balaban J connectivity index is 2.59. The van der Waals surface area contributed by atoms with Crippen molar-refractivity contribution in [2.45, 2.75) is 6.92 Å². The van der Waals surface area contributed by atoms with Crippen molar-refractivity contribution in [3.8, 4) is 0 Å². The number of hydrogen-bond donors (Lipinski definition) is 0. The molecule has 0 saturated heterocycles. The highest BCUT2D eigenvalue weighted by Gasteiger charge is 2.08. The van der Waals surface area contributed by atoms with Gasteiger partial charge in [-0.1, -0.05) is 0 Å². The van der Waals surface area contributed by atoms with Gasteiger partial charge in [-0.25, -0.2) is 9.78 Å². The van der Waals surface area contributed by atoms with Crippen LogP contribution < -0.4 is 0 Å². The Bertz CT molecular complexity index is 209. The van der Waals surface area contributed by atoms with Crippen LogP contribution in [0.1, 0.15) is 16.7 Å². The first-order valence-corrected chi connectivity index (χ1v) is 3.48. The molecule has 1 radical (unpaired) electrons.